The molecule has 140 valence electrons. The summed E-state index contributed by atoms with van der Waals surface area (Å²) < 4.78 is 2.05. The molecule has 3 heterocycles. The summed E-state index contributed by atoms with van der Waals surface area (Å²) in [6.07, 6.45) is 2.00. The average Bonchev–Trinajstić information content (AvgIpc) is 3.11. The minimum Gasteiger partial charge on any atom is -0.364 e. The molecular weight excluding hydrogens is 356 g/mol. The Morgan fingerprint density at radius 3 is 2.57 bits per heavy atom. The number of anilines is 1. The number of nitro benzene ring substituents is 1. The molecule has 0 aliphatic heterocycles. The van der Waals surface area contributed by atoms with Gasteiger partial charge in [-0.2, -0.15) is 0 Å². The number of hydrogen-bond acceptors (Lipinski definition) is 6. The highest BCUT2D eigenvalue weighted by molar-refractivity contribution is 5.59. The molecule has 0 saturated carbocycles. The summed E-state index contributed by atoms with van der Waals surface area (Å²) in [5.41, 5.74) is 4.49. The molecule has 8 nitrogen and oxygen atoms in total. The summed E-state index contributed by atoms with van der Waals surface area (Å²) in [7, 11) is 0. The standard InChI is InChI=1S/C20H18N6O2/c1-13-10-18(21-11-16-12-25-14(2)4-3-5-19(25)23-16)24-20(22-13)15-6-8-17(9-7-15)26(27)28/h3-10,12H,11H2,1-2H3,(H,21,22,24). The second-order valence-electron chi connectivity index (χ2n) is 6.50. The SMILES string of the molecule is Cc1cc(NCc2cn3c(C)cccc3n2)nc(-c2ccc([N+](=O)[O-])cc2)n1. The van der Waals surface area contributed by atoms with Gasteiger partial charge in [-0.25, -0.2) is 15.0 Å². The third-order valence-corrected chi connectivity index (χ3v) is 4.39. The Morgan fingerprint density at radius 2 is 1.86 bits per heavy atom. The highest BCUT2D eigenvalue weighted by Gasteiger charge is 2.09. The average molecular weight is 374 g/mol. The highest BCUT2D eigenvalue weighted by Crippen LogP contribution is 2.21. The lowest BCUT2D eigenvalue weighted by Gasteiger charge is -2.07. The van der Waals surface area contributed by atoms with Crippen LogP contribution in [0.1, 0.15) is 17.1 Å². The van der Waals surface area contributed by atoms with E-state index in [2.05, 4.69) is 20.3 Å². The molecular formula is C20H18N6O2. The maximum Gasteiger partial charge on any atom is 0.269 e. The lowest BCUT2D eigenvalue weighted by atomic mass is 10.2. The predicted molar refractivity (Wildman–Crippen MR) is 106 cm³/mol. The van der Waals surface area contributed by atoms with Gasteiger partial charge in [-0.05, 0) is 38.1 Å². The Morgan fingerprint density at radius 1 is 1.07 bits per heavy atom. The zero-order valence-corrected chi connectivity index (χ0v) is 15.5. The van der Waals surface area contributed by atoms with Crippen molar-refractivity contribution in [3.05, 3.63) is 81.9 Å². The molecule has 8 heteroatoms. The molecule has 0 saturated heterocycles. The normalized spacial score (nSPS) is 10.9. The van der Waals surface area contributed by atoms with E-state index in [4.69, 9.17) is 0 Å². The summed E-state index contributed by atoms with van der Waals surface area (Å²) in [5, 5.41) is 14.1. The molecule has 3 aromatic heterocycles. The molecule has 4 aromatic rings. The van der Waals surface area contributed by atoms with Gasteiger partial charge in [0.2, 0.25) is 0 Å². The maximum atomic E-state index is 10.8. The van der Waals surface area contributed by atoms with E-state index in [1.165, 1.54) is 12.1 Å². The first-order valence-electron chi connectivity index (χ1n) is 8.77. The summed E-state index contributed by atoms with van der Waals surface area (Å²) >= 11 is 0. The summed E-state index contributed by atoms with van der Waals surface area (Å²) in [6.45, 7) is 4.45. The molecule has 0 fully saturated rings. The molecule has 0 aliphatic carbocycles. The second-order valence-corrected chi connectivity index (χ2v) is 6.50. The zero-order valence-electron chi connectivity index (χ0n) is 15.5. The fourth-order valence-corrected chi connectivity index (χ4v) is 2.99. The number of imidazole rings is 1. The van der Waals surface area contributed by atoms with E-state index < -0.39 is 4.92 Å². The van der Waals surface area contributed by atoms with Gasteiger partial charge >= 0.3 is 0 Å². The molecule has 1 aromatic carbocycles. The summed E-state index contributed by atoms with van der Waals surface area (Å²) in [4.78, 5) is 24.0. The Labute approximate surface area is 161 Å². The van der Waals surface area contributed by atoms with Crippen molar-refractivity contribution in [3.8, 4) is 11.4 Å². The number of aromatic nitrogens is 4. The number of nitro groups is 1. The van der Waals surface area contributed by atoms with Gasteiger partial charge in [0.1, 0.15) is 11.5 Å². The molecule has 1 N–H and O–H groups in total. The Balaban J connectivity index is 1.56. The molecule has 0 spiro atoms. The number of benzene rings is 1. The summed E-state index contributed by atoms with van der Waals surface area (Å²) in [5.74, 6) is 1.19. The van der Waals surface area contributed by atoms with E-state index >= 15 is 0 Å². The fourth-order valence-electron chi connectivity index (χ4n) is 2.99. The van der Waals surface area contributed by atoms with E-state index in [9.17, 15) is 10.1 Å². The number of fused-ring (bicyclic) bond motifs is 1. The monoisotopic (exact) mass is 374 g/mol. The minimum absolute atomic E-state index is 0.0388. The first-order valence-corrected chi connectivity index (χ1v) is 8.77. The molecule has 0 bridgehead atoms. The number of pyridine rings is 1. The molecule has 0 amide bonds. The maximum absolute atomic E-state index is 10.8. The molecule has 0 aliphatic rings. The van der Waals surface area contributed by atoms with Crippen molar-refractivity contribution in [1.29, 1.82) is 0 Å². The van der Waals surface area contributed by atoms with Crippen molar-refractivity contribution in [2.24, 2.45) is 0 Å². The highest BCUT2D eigenvalue weighted by atomic mass is 16.6. The van der Waals surface area contributed by atoms with Crippen LogP contribution in [-0.4, -0.2) is 24.3 Å². The lowest BCUT2D eigenvalue weighted by Crippen LogP contribution is -2.04. The van der Waals surface area contributed by atoms with Crippen LogP contribution in [0.5, 0.6) is 0 Å². The van der Waals surface area contributed by atoms with Gasteiger partial charge < -0.3 is 9.72 Å². The van der Waals surface area contributed by atoms with Crippen molar-refractivity contribution in [1.82, 2.24) is 19.4 Å². The predicted octanol–water partition coefficient (Wildman–Crippen LogP) is 3.93. The number of non-ortho nitro benzene ring substituents is 1. The number of nitrogens with zero attached hydrogens (tertiary/aromatic N) is 5. The summed E-state index contributed by atoms with van der Waals surface area (Å²) in [6, 6.07) is 14.1. The number of hydrogen-bond donors (Lipinski definition) is 1. The van der Waals surface area contributed by atoms with Crippen molar-refractivity contribution in [3.63, 3.8) is 0 Å². The van der Waals surface area contributed by atoms with Crippen LogP contribution < -0.4 is 5.32 Å². The molecule has 0 atom stereocenters. The van der Waals surface area contributed by atoms with Crippen LogP contribution in [0.25, 0.3) is 17.0 Å². The van der Waals surface area contributed by atoms with E-state index in [1.54, 1.807) is 12.1 Å². The van der Waals surface area contributed by atoms with Gasteiger partial charge in [0.25, 0.3) is 5.69 Å². The van der Waals surface area contributed by atoms with Crippen LogP contribution >= 0.6 is 0 Å². The van der Waals surface area contributed by atoms with E-state index in [-0.39, 0.29) is 5.69 Å². The number of nitrogens with one attached hydrogen (secondary N) is 1. The fraction of sp³-hybridized carbons (Fsp3) is 0.150. The molecule has 4 rings (SSSR count). The minimum atomic E-state index is -0.426. The Hall–Kier alpha value is -3.81. The van der Waals surface area contributed by atoms with E-state index in [0.29, 0.717) is 18.2 Å². The first-order chi connectivity index (χ1) is 13.5. The largest absolute Gasteiger partial charge is 0.364 e. The topological polar surface area (TPSA) is 98.2 Å². The molecule has 0 unspecified atom stereocenters. The van der Waals surface area contributed by atoms with Crippen LogP contribution in [0.2, 0.25) is 0 Å². The van der Waals surface area contributed by atoms with Crippen molar-refractivity contribution in [2.75, 3.05) is 5.32 Å². The van der Waals surface area contributed by atoms with Gasteiger partial charge in [-0.1, -0.05) is 6.07 Å². The number of aryl methyl sites for hydroxylation is 2. The van der Waals surface area contributed by atoms with Gasteiger partial charge in [-0.3, -0.25) is 10.1 Å². The first kappa shape index (κ1) is 17.6. The third-order valence-electron chi connectivity index (χ3n) is 4.39. The van der Waals surface area contributed by atoms with Gasteiger partial charge in [0.05, 0.1) is 17.2 Å². The van der Waals surface area contributed by atoms with Crippen molar-refractivity contribution in [2.45, 2.75) is 20.4 Å². The Kier molecular flexibility index (Phi) is 4.44. The van der Waals surface area contributed by atoms with Crippen LogP contribution in [0.3, 0.4) is 0 Å². The van der Waals surface area contributed by atoms with E-state index in [0.717, 1.165) is 28.3 Å². The second kappa shape index (κ2) is 7.07. The van der Waals surface area contributed by atoms with Gasteiger partial charge in [-0.15, -0.1) is 0 Å². The van der Waals surface area contributed by atoms with Crippen LogP contribution in [0, 0.1) is 24.0 Å². The van der Waals surface area contributed by atoms with Gasteiger partial charge in [0.15, 0.2) is 5.82 Å². The molecule has 0 radical (unpaired) electrons. The van der Waals surface area contributed by atoms with Crippen LogP contribution in [0.15, 0.2) is 54.7 Å². The quantitative estimate of drug-likeness (QED) is 0.420. The van der Waals surface area contributed by atoms with Crippen molar-refractivity contribution < 1.29 is 4.92 Å². The van der Waals surface area contributed by atoms with Crippen molar-refractivity contribution >= 4 is 17.2 Å². The van der Waals surface area contributed by atoms with E-state index in [1.807, 2.05) is 48.7 Å². The van der Waals surface area contributed by atoms with Crippen LogP contribution in [-0.2, 0) is 6.54 Å². The third kappa shape index (κ3) is 3.52. The van der Waals surface area contributed by atoms with Gasteiger partial charge in [0, 0.05) is 41.3 Å². The smallest absolute Gasteiger partial charge is 0.269 e. The zero-order chi connectivity index (χ0) is 19.7. The number of rotatable bonds is 5. The van der Waals surface area contributed by atoms with Crippen LogP contribution in [0.4, 0.5) is 11.5 Å². The molecule has 28 heavy (non-hydrogen) atoms. The Bertz CT molecular complexity index is 1170. The lowest BCUT2D eigenvalue weighted by molar-refractivity contribution is -0.384.